The normalized spacial score (nSPS) is 10.6. The summed E-state index contributed by atoms with van der Waals surface area (Å²) in [5.41, 5.74) is 3.54. The second-order valence-corrected chi connectivity index (χ2v) is 5.92. The molecule has 0 aliphatic rings. The number of nitrogens with one attached hydrogen (secondary N) is 1. The van der Waals surface area contributed by atoms with Crippen LogP contribution in [-0.2, 0) is 9.53 Å². The van der Waals surface area contributed by atoms with Gasteiger partial charge in [-0.25, -0.2) is 19.7 Å². The van der Waals surface area contributed by atoms with Gasteiger partial charge in [-0.2, -0.15) is 0 Å². The van der Waals surface area contributed by atoms with Crippen LogP contribution in [0.15, 0.2) is 36.5 Å². The number of carbonyl (C=O) groups excluding carboxylic acids is 2. The van der Waals surface area contributed by atoms with Crippen LogP contribution in [0.3, 0.4) is 0 Å². The summed E-state index contributed by atoms with van der Waals surface area (Å²) in [6.07, 6.45) is 1.50. The SMILES string of the molecule is Cc1nc2ccc(C(=O)OCC(=O)Nc3cccnc3Cl)cc2nc1C. The zero-order chi connectivity index (χ0) is 18.7. The van der Waals surface area contributed by atoms with Gasteiger partial charge < -0.3 is 10.1 Å². The van der Waals surface area contributed by atoms with Crippen molar-refractivity contribution in [3.8, 4) is 0 Å². The van der Waals surface area contributed by atoms with Crippen molar-refractivity contribution in [2.45, 2.75) is 13.8 Å². The molecule has 0 aliphatic heterocycles. The lowest BCUT2D eigenvalue weighted by Gasteiger charge is -2.08. The molecule has 1 amide bonds. The Kier molecular flexibility index (Phi) is 5.09. The fraction of sp³-hybridized carbons (Fsp3) is 0.167. The highest BCUT2D eigenvalue weighted by molar-refractivity contribution is 6.32. The van der Waals surface area contributed by atoms with Gasteiger partial charge in [-0.3, -0.25) is 4.79 Å². The van der Waals surface area contributed by atoms with E-state index >= 15 is 0 Å². The number of carbonyl (C=O) groups is 2. The maximum Gasteiger partial charge on any atom is 0.338 e. The zero-order valence-corrected chi connectivity index (χ0v) is 14.9. The van der Waals surface area contributed by atoms with Crippen molar-refractivity contribution < 1.29 is 14.3 Å². The second-order valence-electron chi connectivity index (χ2n) is 5.56. The minimum Gasteiger partial charge on any atom is -0.452 e. The van der Waals surface area contributed by atoms with Gasteiger partial charge in [-0.05, 0) is 44.2 Å². The zero-order valence-electron chi connectivity index (χ0n) is 14.1. The summed E-state index contributed by atoms with van der Waals surface area (Å²) in [5.74, 6) is -1.14. The van der Waals surface area contributed by atoms with E-state index in [-0.39, 0.29) is 5.15 Å². The molecule has 0 fully saturated rings. The minimum atomic E-state index is -0.626. The Morgan fingerprint density at radius 1 is 1.12 bits per heavy atom. The number of halogens is 1. The van der Waals surface area contributed by atoms with Crippen molar-refractivity contribution in [1.29, 1.82) is 0 Å². The number of rotatable bonds is 4. The predicted octanol–water partition coefficient (Wildman–Crippen LogP) is 3.09. The number of fused-ring (bicyclic) bond motifs is 1. The van der Waals surface area contributed by atoms with Gasteiger partial charge in [0.25, 0.3) is 5.91 Å². The summed E-state index contributed by atoms with van der Waals surface area (Å²) in [6.45, 7) is 3.28. The first-order valence-electron chi connectivity index (χ1n) is 7.76. The van der Waals surface area contributed by atoms with Crippen LogP contribution in [0, 0.1) is 13.8 Å². The Balaban J connectivity index is 1.66. The van der Waals surface area contributed by atoms with E-state index in [1.54, 1.807) is 30.3 Å². The molecule has 8 heteroatoms. The lowest BCUT2D eigenvalue weighted by molar-refractivity contribution is -0.119. The summed E-state index contributed by atoms with van der Waals surface area (Å²) in [5, 5.41) is 2.69. The lowest BCUT2D eigenvalue weighted by Crippen LogP contribution is -2.21. The summed E-state index contributed by atoms with van der Waals surface area (Å²) in [7, 11) is 0. The number of aromatic nitrogens is 3. The number of aryl methyl sites for hydroxylation is 2. The number of anilines is 1. The molecular formula is C18H15ClN4O3. The minimum absolute atomic E-state index is 0.158. The fourth-order valence-corrected chi connectivity index (χ4v) is 2.40. The van der Waals surface area contributed by atoms with Crippen molar-refractivity contribution in [2.75, 3.05) is 11.9 Å². The van der Waals surface area contributed by atoms with Crippen molar-refractivity contribution in [2.24, 2.45) is 0 Å². The third-order valence-corrected chi connectivity index (χ3v) is 3.98. The average molecular weight is 371 g/mol. The number of nitrogens with zero attached hydrogens (tertiary/aromatic N) is 3. The molecular weight excluding hydrogens is 356 g/mol. The number of hydrogen-bond acceptors (Lipinski definition) is 6. The van der Waals surface area contributed by atoms with E-state index in [2.05, 4.69) is 20.3 Å². The Morgan fingerprint density at radius 2 is 1.85 bits per heavy atom. The first-order valence-corrected chi connectivity index (χ1v) is 8.14. The molecule has 1 aromatic carbocycles. The van der Waals surface area contributed by atoms with Crippen molar-refractivity contribution >= 4 is 40.2 Å². The third-order valence-electron chi connectivity index (χ3n) is 3.68. The quantitative estimate of drug-likeness (QED) is 0.560. The van der Waals surface area contributed by atoms with Gasteiger partial charge in [0.15, 0.2) is 11.8 Å². The first-order chi connectivity index (χ1) is 12.4. The van der Waals surface area contributed by atoms with Crippen LogP contribution in [0.4, 0.5) is 5.69 Å². The van der Waals surface area contributed by atoms with Crippen LogP contribution in [-0.4, -0.2) is 33.4 Å². The molecule has 0 unspecified atom stereocenters. The number of amides is 1. The molecule has 2 heterocycles. The van der Waals surface area contributed by atoms with Crippen LogP contribution < -0.4 is 5.32 Å². The van der Waals surface area contributed by atoms with Crippen LogP contribution in [0.25, 0.3) is 11.0 Å². The first kappa shape index (κ1) is 17.8. The summed E-state index contributed by atoms with van der Waals surface area (Å²) < 4.78 is 5.04. The average Bonchev–Trinajstić information content (AvgIpc) is 2.62. The van der Waals surface area contributed by atoms with Crippen LogP contribution >= 0.6 is 11.6 Å². The molecule has 26 heavy (non-hydrogen) atoms. The molecule has 3 aromatic rings. The van der Waals surface area contributed by atoms with Crippen LogP contribution in [0.1, 0.15) is 21.7 Å². The molecule has 132 valence electrons. The van der Waals surface area contributed by atoms with Gasteiger partial charge >= 0.3 is 5.97 Å². The molecule has 0 spiro atoms. The molecule has 3 rings (SSSR count). The highest BCUT2D eigenvalue weighted by Gasteiger charge is 2.13. The second kappa shape index (κ2) is 7.45. The summed E-state index contributed by atoms with van der Waals surface area (Å²) in [4.78, 5) is 36.7. The standard InChI is InChI=1S/C18H15ClN4O3/c1-10-11(2)22-15-8-12(5-6-13(15)21-10)18(25)26-9-16(24)23-14-4-3-7-20-17(14)19/h3-8H,9H2,1-2H3,(H,23,24). The Hall–Kier alpha value is -3.06. The molecule has 1 N–H and O–H groups in total. The van der Waals surface area contributed by atoms with Gasteiger partial charge in [-0.15, -0.1) is 0 Å². The highest BCUT2D eigenvalue weighted by atomic mass is 35.5. The number of ether oxygens (including phenoxy) is 1. The van der Waals surface area contributed by atoms with E-state index in [1.807, 2.05) is 13.8 Å². The summed E-state index contributed by atoms with van der Waals surface area (Å²) >= 11 is 5.86. The van der Waals surface area contributed by atoms with E-state index in [0.29, 0.717) is 22.3 Å². The third kappa shape index (κ3) is 3.94. The van der Waals surface area contributed by atoms with E-state index in [9.17, 15) is 9.59 Å². The summed E-state index contributed by atoms with van der Waals surface area (Å²) in [6, 6.07) is 8.10. The predicted molar refractivity (Wildman–Crippen MR) is 97.2 cm³/mol. The van der Waals surface area contributed by atoms with Crippen molar-refractivity contribution in [3.05, 3.63) is 58.6 Å². The van der Waals surface area contributed by atoms with Gasteiger partial charge in [0, 0.05) is 6.20 Å². The molecule has 0 atom stereocenters. The number of pyridine rings is 1. The Bertz CT molecular complexity index is 1010. The Labute approximate surface area is 154 Å². The van der Waals surface area contributed by atoms with E-state index in [4.69, 9.17) is 16.3 Å². The number of hydrogen-bond donors (Lipinski definition) is 1. The molecule has 0 aliphatic carbocycles. The van der Waals surface area contributed by atoms with Gasteiger partial charge in [0.1, 0.15) is 0 Å². The van der Waals surface area contributed by atoms with Gasteiger partial charge in [0.2, 0.25) is 0 Å². The van der Waals surface area contributed by atoms with Crippen molar-refractivity contribution in [1.82, 2.24) is 15.0 Å². The topological polar surface area (TPSA) is 94.1 Å². The van der Waals surface area contributed by atoms with Gasteiger partial charge in [0.05, 0.1) is 33.7 Å². The van der Waals surface area contributed by atoms with E-state index in [1.165, 1.54) is 6.20 Å². The maximum atomic E-state index is 12.2. The number of esters is 1. The fourth-order valence-electron chi connectivity index (χ4n) is 2.24. The highest BCUT2D eigenvalue weighted by Crippen LogP contribution is 2.18. The smallest absolute Gasteiger partial charge is 0.338 e. The molecule has 0 bridgehead atoms. The largest absolute Gasteiger partial charge is 0.452 e. The Morgan fingerprint density at radius 3 is 2.58 bits per heavy atom. The maximum absolute atomic E-state index is 12.2. The van der Waals surface area contributed by atoms with Crippen molar-refractivity contribution in [3.63, 3.8) is 0 Å². The van der Waals surface area contributed by atoms with Gasteiger partial charge in [-0.1, -0.05) is 11.6 Å². The molecule has 7 nitrogen and oxygen atoms in total. The van der Waals surface area contributed by atoms with Crippen LogP contribution in [0.2, 0.25) is 5.15 Å². The van der Waals surface area contributed by atoms with E-state index < -0.39 is 18.5 Å². The van der Waals surface area contributed by atoms with Crippen LogP contribution in [0.5, 0.6) is 0 Å². The molecule has 2 aromatic heterocycles. The lowest BCUT2D eigenvalue weighted by atomic mass is 10.2. The molecule has 0 radical (unpaired) electrons. The monoisotopic (exact) mass is 370 g/mol. The number of benzene rings is 1. The van der Waals surface area contributed by atoms with E-state index in [0.717, 1.165) is 11.4 Å². The molecule has 0 saturated carbocycles. The molecule has 0 saturated heterocycles.